The maximum absolute atomic E-state index is 13.3. The number of benzene rings is 2. The van der Waals surface area contributed by atoms with Crippen LogP contribution in [0.1, 0.15) is 63.0 Å². The minimum absolute atomic E-state index is 0.118. The molecule has 2 N–H and O–H groups in total. The lowest BCUT2D eigenvalue weighted by molar-refractivity contribution is 0.0517. The number of aromatic nitrogens is 1. The number of nitrogens with zero attached hydrogens (tertiary/aromatic N) is 2. The zero-order valence-electron chi connectivity index (χ0n) is 20.7. The van der Waals surface area contributed by atoms with Crippen LogP contribution < -0.4 is 10.2 Å². The summed E-state index contributed by atoms with van der Waals surface area (Å²) in [5.74, 6) is -0.118. The number of ether oxygens (including phenoxy) is 1. The number of anilines is 1. The Hall–Kier alpha value is -3.79. The monoisotopic (exact) mass is 460 g/mol. The summed E-state index contributed by atoms with van der Waals surface area (Å²) in [5.41, 5.74) is 2.80. The molecule has 0 aliphatic rings. The number of nitriles is 1. The minimum atomic E-state index is -0.552. The molecule has 0 bridgehead atoms. The van der Waals surface area contributed by atoms with Crippen molar-refractivity contribution in [2.24, 2.45) is 0 Å². The Morgan fingerprint density at radius 1 is 1.09 bits per heavy atom. The maximum Gasteiger partial charge on any atom is 0.407 e. The van der Waals surface area contributed by atoms with Gasteiger partial charge >= 0.3 is 6.09 Å². The van der Waals surface area contributed by atoms with Crippen LogP contribution in [0.2, 0.25) is 0 Å². The predicted octanol–water partition coefficient (Wildman–Crippen LogP) is 5.51. The van der Waals surface area contributed by atoms with E-state index >= 15 is 0 Å². The molecule has 0 radical (unpaired) electrons. The Kier molecular flexibility index (Phi) is 7.01. The highest BCUT2D eigenvalue weighted by molar-refractivity contribution is 6.07. The van der Waals surface area contributed by atoms with E-state index in [9.17, 15) is 14.9 Å². The summed E-state index contributed by atoms with van der Waals surface area (Å²) in [7, 11) is 0. The zero-order chi connectivity index (χ0) is 25.1. The molecule has 2 amide bonds. The van der Waals surface area contributed by atoms with Gasteiger partial charge < -0.3 is 19.9 Å². The molecular formula is C27H32N4O3. The number of amides is 2. The molecule has 7 heteroatoms. The lowest BCUT2D eigenvalue weighted by atomic mass is 9.84. The number of carbonyl (C=O) groups excluding carboxylic acids is 2. The Morgan fingerprint density at radius 3 is 2.35 bits per heavy atom. The normalized spacial score (nSPS) is 11.7. The Balaban J connectivity index is 1.75. The number of rotatable bonds is 6. The fourth-order valence-electron chi connectivity index (χ4n) is 3.74. The third kappa shape index (κ3) is 5.57. The fourth-order valence-corrected chi connectivity index (χ4v) is 3.74. The van der Waals surface area contributed by atoms with Crippen molar-refractivity contribution in [3.8, 4) is 6.07 Å². The number of hydrogen-bond donors (Lipinski definition) is 2. The van der Waals surface area contributed by atoms with E-state index in [0.717, 1.165) is 22.2 Å². The topological polar surface area (TPSA) is 98.2 Å². The van der Waals surface area contributed by atoms with Gasteiger partial charge in [0.2, 0.25) is 0 Å². The highest BCUT2D eigenvalue weighted by atomic mass is 16.6. The van der Waals surface area contributed by atoms with Crippen LogP contribution in [-0.4, -0.2) is 35.7 Å². The fraction of sp³-hybridized carbons (Fsp3) is 0.370. The molecule has 0 aliphatic heterocycles. The molecule has 0 fully saturated rings. The summed E-state index contributed by atoms with van der Waals surface area (Å²) in [6.45, 7) is 12.3. The van der Waals surface area contributed by atoms with Crippen molar-refractivity contribution in [2.45, 2.75) is 52.6 Å². The minimum Gasteiger partial charge on any atom is -0.444 e. The Morgan fingerprint density at radius 2 is 1.76 bits per heavy atom. The number of alkyl carbamates (subject to hydrolysis) is 1. The van der Waals surface area contributed by atoms with Gasteiger partial charge in [-0.2, -0.15) is 5.26 Å². The van der Waals surface area contributed by atoms with Crippen molar-refractivity contribution in [1.82, 2.24) is 10.3 Å². The van der Waals surface area contributed by atoms with Crippen molar-refractivity contribution in [2.75, 3.05) is 18.0 Å². The van der Waals surface area contributed by atoms with E-state index in [1.807, 2.05) is 84.0 Å². The van der Waals surface area contributed by atoms with E-state index < -0.39 is 11.7 Å². The second-order valence-electron chi connectivity index (χ2n) is 9.91. The molecule has 0 saturated heterocycles. The SMILES string of the molecule is CCN(C(=O)c1ccc(C(C)(C)CNC(=O)OC(C)(C)C)cc1)c1ccc2[nH]cc(C#N)c2c1. The van der Waals surface area contributed by atoms with Gasteiger partial charge in [-0.3, -0.25) is 4.79 Å². The van der Waals surface area contributed by atoms with Crippen molar-refractivity contribution in [1.29, 1.82) is 5.26 Å². The van der Waals surface area contributed by atoms with Crippen LogP contribution in [0.3, 0.4) is 0 Å². The number of aromatic amines is 1. The number of H-pyrrole nitrogens is 1. The first-order valence-corrected chi connectivity index (χ1v) is 11.4. The molecule has 34 heavy (non-hydrogen) atoms. The number of fused-ring (bicyclic) bond motifs is 1. The van der Waals surface area contributed by atoms with E-state index in [1.165, 1.54) is 0 Å². The van der Waals surface area contributed by atoms with Gasteiger partial charge in [0, 0.05) is 46.9 Å². The van der Waals surface area contributed by atoms with Gasteiger partial charge in [0.05, 0.1) is 5.56 Å². The molecule has 0 unspecified atom stereocenters. The van der Waals surface area contributed by atoms with Crippen LogP contribution in [0.15, 0.2) is 48.7 Å². The second-order valence-corrected chi connectivity index (χ2v) is 9.91. The molecule has 1 aromatic heterocycles. The molecule has 7 nitrogen and oxygen atoms in total. The smallest absolute Gasteiger partial charge is 0.407 e. The van der Waals surface area contributed by atoms with Crippen LogP contribution in [0, 0.1) is 11.3 Å². The first-order chi connectivity index (χ1) is 15.9. The van der Waals surface area contributed by atoms with Crippen LogP contribution in [0.4, 0.5) is 10.5 Å². The number of hydrogen-bond acceptors (Lipinski definition) is 4. The molecular weight excluding hydrogens is 428 g/mol. The summed E-state index contributed by atoms with van der Waals surface area (Å²) < 4.78 is 5.32. The molecule has 2 aromatic carbocycles. The highest BCUT2D eigenvalue weighted by Gasteiger charge is 2.24. The lowest BCUT2D eigenvalue weighted by Gasteiger charge is -2.27. The van der Waals surface area contributed by atoms with Gasteiger partial charge in [-0.1, -0.05) is 26.0 Å². The molecule has 3 aromatic rings. The van der Waals surface area contributed by atoms with Crippen LogP contribution >= 0.6 is 0 Å². The zero-order valence-corrected chi connectivity index (χ0v) is 20.7. The average molecular weight is 461 g/mol. The third-order valence-corrected chi connectivity index (χ3v) is 5.65. The summed E-state index contributed by atoms with van der Waals surface area (Å²) in [5, 5.41) is 12.9. The second kappa shape index (κ2) is 9.60. The molecule has 3 rings (SSSR count). The Labute approximate surface area is 200 Å². The Bertz CT molecular complexity index is 1230. The molecule has 0 spiro atoms. The first-order valence-electron chi connectivity index (χ1n) is 11.4. The standard InChI is InChI=1S/C27H32N4O3/c1-7-31(21-12-13-23-22(14-21)19(15-28)16-29-23)24(32)18-8-10-20(11-9-18)27(5,6)17-30-25(33)34-26(2,3)4/h8-14,16,29H,7,17H2,1-6H3,(H,30,33). The quantitative estimate of drug-likeness (QED) is 0.507. The van der Waals surface area contributed by atoms with E-state index in [4.69, 9.17) is 4.74 Å². The molecule has 0 aliphatic carbocycles. The number of nitrogens with one attached hydrogen (secondary N) is 2. The largest absolute Gasteiger partial charge is 0.444 e. The van der Waals surface area contributed by atoms with Crippen LogP contribution in [0.25, 0.3) is 10.9 Å². The van der Waals surface area contributed by atoms with Gasteiger partial charge in [-0.25, -0.2) is 4.79 Å². The molecule has 178 valence electrons. The van der Waals surface area contributed by atoms with E-state index in [1.54, 1.807) is 11.1 Å². The van der Waals surface area contributed by atoms with Crippen LogP contribution in [-0.2, 0) is 10.2 Å². The molecule has 0 atom stereocenters. The summed E-state index contributed by atoms with van der Waals surface area (Å²) in [4.78, 5) is 30.1. The number of carbonyl (C=O) groups is 2. The van der Waals surface area contributed by atoms with E-state index in [0.29, 0.717) is 24.2 Å². The maximum atomic E-state index is 13.3. The van der Waals surface area contributed by atoms with Gasteiger partial charge in [0.25, 0.3) is 5.91 Å². The predicted molar refractivity (Wildman–Crippen MR) is 134 cm³/mol. The van der Waals surface area contributed by atoms with E-state index in [-0.39, 0.29) is 11.3 Å². The third-order valence-electron chi connectivity index (χ3n) is 5.65. The molecule has 0 saturated carbocycles. The van der Waals surface area contributed by atoms with Gasteiger partial charge in [0.15, 0.2) is 0 Å². The van der Waals surface area contributed by atoms with E-state index in [2.05, 4.69) is 16.4 Å². The summed E-state index contributed by atoms with van der Waals surface area (Å²) in [6, 6.07) is 15.3. The van der Waals surface area contributed by atoms with Crippen molar-refractivity contribution < 1.29 is 14.3 Å². The van der Waals surface area contributed by atoms with Gasteiger partial charge in [-0.05, 0) is 63.6 Å². The molecule has 1 heterocycles. The van der Waals surface area contributed by atoms with Gasteiger partial charge in [-0.15, -0.1) is 0 Å². The summed E-state index contributed by atoms with van der Waals surface area (Å²) in [6.07, 6.45) is 1.22. The van der Waals surface area contributed by atoms with Crippen LogP contribution in [0.5, 0.6) is 0 Å². The first kappa shape index (κ1) is 24.8. The summed E-state index contributed by atoms with van der Waals surface area (Å²) >= 11 is 0. The van der Waals surface area contributed by atoms with Crippen molar-refractivity contribution in [3.05, 3.63) is 65.4 Å². The average Bonchev–Trinajstić information content (AvgIpc) is 3.20. The van der Waals surface area contributed by atoms with Crippen molar-refractivity contribution in [3.63, 3.8) is 0 Å². The van der Waals surface area contributed by atoms with Gasteiger partial charge in [0.1, 0.15) is 11.7 Å². The lowest BCUT2D eigenvalue weighted by Crippen LogP contribution is -2.39. The highest BCUT2D eigenvalue weighted by Crippen LogP contribution is 2.27. The van der Waals surface area contributed by atoms with Crippen molar-refractivity contribution >= 4 is 28.6 Å².